The van der Waals surface area contributed by atoms with Crippen LogP contribution in [0.2, 0.25) is 0 Å². The maximum atomic E-state index is 11.0. The highest BCUT2D eigenvalue weighted by atomic mass is 32.1. The summed E-state index contributed by atoms with van der Waals surface area (Å²) < 4.78 is 4.63. The van der Waals surface area contributed by atoms with Gasteiger partial charge in [-0.2, -0.15) is 0 Å². The number of rotatable bonds is 4. The van der Waals surface area contributed by atoms with Crippen molar-refractivity contribution in [1.29, 1.82) is 0 Å². The predicted molar refractivity (Wildman–Crippen MR) is 50.2 cm³/mol. The SMILES string of the molecule is COCC(=O)Nc1csc(C=O)c1. The van der Waals surface area contributed by atoms with E-state index >= 15 is 0 Å². The summed E-state index contributed by atoms with van der Waals surface area (Å²) >= 11 is 1.29. The molecule has 0 atom stereocenters. The first kappa shape index (κ1) is 9.88. The fourth-order valence-corrected chi connectivity index (χ4v) is 1.45. The summed E-state index contributed by atoms with van der Waals surface area (Å²) in [4.78, 5) is 21.9. The molecule has 5 heteroatoms. The van der Waals surface area contributed by atoms with Gasteiger partial charge in [-0.3, -0.25) is 9.59 Å². The highest BCUT2D eigenvalue weighted by Gasteiger charge is 2.03. The molecule has 1 heterocycles. The Hall–Kier alpha value is -1.20. The number of amides is 1. The standard InChI is InChI=1S/C8H9NO3S/c1-12-4-8(11)9-6-2-7(3-10)13-5-6/h2-3,5H,4H2,1H3,(H,9,11). The molecule has 0 saturated carbocycles. The highest BCUT2D eigenvalue weighted by Crippen LogP contribution is 2.17. The van der Waals surface area contributed by atoms with Crippen molar-refractivity contribution in [2.75, 3.05) is 19.0 Å². The number of hydrogen-bond donors (Lipinski definition) is 1. The van der Waals surface area contributed by atoms with Crippen molar-refractivity contribution in [2.45, 2.75) is 0 Å². The molecule has 1 rings (SSSR count). The molecule has 0 spiro atoms. The summed E-state index contributed by atoms with van der Waals surface area (Å²) in [6.45, 7) is 0.0201. The van der Waals surface area contributed by atoms with E-state index in [0.29, 0.717) is 10.6 Å². The molecule has 1 N–H and O–H groups in total. The van der Waals surface area contributed by atoms with Crippen LogP contribution in [0.5, 0.6) is 0 Å². The largest absolute Gasteiger partial charge is 0.375 e. The van der Waals surface area contributed by atoms with E-state index in [9.17, 15) is 9.59 Å². The molecule has 1 amide bonds. The minimum Gasteiger partial charge on any atom is -0.375 e. The second kappa shape index (κ2) is 4.74. The van der Waals surface area contributed by atoms with Gasteiger partial charge in [0.25, 0.3) is 0 Å². The third-order valence-electron chi connectivity index (χ3n) is 1.30. The minimum absolute atomic E-state index is 0.0201. The Labute approximate surface area is 79.5 Å². The molecule has 0 bridgehead atoms. The third kappa shape index (κ3) is 2.96. The van der Waals surface area contributed by atoms with Crippen molar-refractivity contribution in [2.24, 2.45) is 0 Å². The van der Waals surface area contributed by atoms with E-state index in [1.54, 1.807) is 11.4 Å². The molecule has 0 aliphatic carbocycles. The first-order valence-electron chi connectivity index (χ1n) is 3.58. The van der Waals surface area contributed by atoms with Crippen molar-refractivity contribution in [3.63, 3.8) is 0 Å². The van der Waals surface area contributed by atoms with E-state index in [2.05, 4.69) is 10.1 Å². The Bertz CT molecular complexity index is 308. The number of carbonyl (C=O) groups excluding carboxylic acids is 2. The zero-order valence-electron chi connectivity index (χ0n) is 7.07. The van der Waals surface area contributed by atoms with Crippen LogP contribution < -0.4 is 5.32 Å². The Morgan fingerprint density at radius 1 is 1.77 bits per heavy atom. The van der Waals surface area contributed by atoms with E-state index < -0.39 is 0 Å². The molecule has 0 saturated heterocycles. The van der Waals surface area contributed by atoms with Gasteiger partial charge in [-0.25, -0.2) is 0 Å². The smallest absolute Gasteiger partial charge is 0.250 e. The summed E-state index contributed by atoms with van der Waals surface area (Å²) in [5, 5.41) is 4.29. The van der Waals surface area contributed by atoms with Crippen LogP contribution in [-0.4, -0.2) is 25.9 Å². The molecule has 4 nitrogen and oxygen atoms in total. The molecule has 0 unspecified atom stereocenters. The topological polar surface area (TPSA) is 55.4 Å². The lowest BCUT2D eigenvalue weighted by Gasteiger charge is -1.99. The van der Waals surface area contributed by atoms with Gasteiger partial charge in [-0.05, 0) is 6.07 Å². The molecule has 0 fully saturated rings. The zero-order chi connectivity index (χ0) is 9.68. The van der Waals surface area contributed by atoms with E-state index in [1.807, 2.05) is 0 Å². The van der Waals surface area contributed by atoms with Crippen LogP contribution in [0, 0.1) is 0 Å². The van der Waals surface area contributed by atoms with E-state index in [0.717, 1.165) is 6.29 Å². The van der Waals surface area contributed by atoms with E-state index in [4.69, 9.17) is 0 Å². The second-order valence-electron chi connectivity index (χ2n) is 2.34. The molecule has 70 valence electrons. The van der Waals surface area contributed by atoms with Crippen molar-refractivity contribution >= 4 is 29.2 Å². The maximum Gasteiger partial charge on any atom is 0.250 e. The number of thiophene rings is 1. The predicted octanol–water partition coefficient (Wildman–Crippen LogP) is 1.15. The third-order valence-corrected chi connectivity index (χ3v) is 2.15. The lowest BCUT2D eigenvalue weighted by Crippen LogP contribution is -2.16. The van der Waals surface area contributed by atoms with Gasteiger partial charge in [-0.15, -0.1) is 11.3 Å². The molecule has 0 aliphatic heterocycles. The number of aldehydes is 1. The molecule has 0 aromatic carbocycles. The number of ether oxygens (including phenoxy) is 1. The zero-order valence-corrected chi connectivity index (χ0v) is 7.89. The molecule has 0 radical (unpaired) electrons. The number of nitrogens with one attached hydrogen (secondary N) is 1. The van der Waals surface area contributed by atoms with Gasteiger partial charge in [0.15, 0.2) is 6.29 Å². The highest BCUT2D eigenvalue weighted by molar-refractivity contribution is 7.12. The fraction of sp³-hybridized carbons (Fsp3) is 0.250. The Morgan fingerprint density at radius 2 is 2.54 bits per heavy atom. The van der Waals surface area contributed by atoms with Gasteiger partial charge in [0.05, 0.1) is 10.6 Å². The number of hydrogen-bond acceptors (Lipinski definition) is 4. The number of carbonyl (C=O) groups is 2. The molecule has 1 aromatic rings. The molecular formula is C8H9NO3S. The first-order chi connectivity index (χ1) is 6.26. The summed E-state index contributed by atoms with van der Waals surface area (Å²) in [5.41, 5.74) is 0.633. The van der Waals surface area contributed by atoms with Crippen molar-refractivity contribution in [1.82, 2.24) is 0 Å². The fourth-order valence-electron chi connectivity index (χ4n) is 0.808. The van der Waals surface area contributed by atoms with Gasteiger partial charge in [0.2, 0.25) is 5.91 Å². The summed E-state index contributed by atoms with van der Waals surface area (Å²) in [5.74, 6) is -0.224. The Morgan fingerprint density at radius 3 is 3.08 bits per heavy atom. The maximum absolute atomic E-state index is 11.0. The molecule has 1 aromatic heterocycles. The number of methoxy groups -OCH3 is 1. The average molecular weight is 199 g/mol. The van der Waals surface area contributed by atoms with Crippen LogP contribution in [0.15, 0.2) is 11.4 Å². The normalized spacial score (nSPS) is 9.62. The van der Waals surface area contributed by atoms with Gasteiger partial charge in [0.1, 0.15) is 6.61 Å². The summed E-state index contributed by atoms with van der Waals surface area (Å²) in [6, 6.07) is 1.62. The summed E-state index contributed by atoms with van der Waals surface area (Å²) in [7, 11) is 1.45. The van der Waals surface area contributed by atoms with Crippen molar-refractivity contribution < 1.29 is 14.3 Å². The lowest BCUT2D eigenvalue weighted by atomic mass is 10.4. The van der Waals surface area contributed by atoms with Gasteiger partial charge in [-0.1, -0.05) is 0 Å². The first-order valence-corrected chi connectivity index (χ1v) is 4.46. The van der Waals surface area contributed by atoms with E-state index in [1.165, 1.54) is 18.4 Å². The minimum atomic E-state index is -0.224. The quantitative estimate of drug-likeness (QED) is 0.740. The summed E-state index contributed by atoms with van der Waals surface area (Å²) in [6.07, 6.45) is 0.747. The van der Waals surface area contributed by atoms with Gasteiger partial charge < -0.3 is 10.1 Å². The monoisotopic (exact) mass is 199 g/mol. The second-order valence-corrected chi connectivity index (χ2v) is 3.28. The van der Waals surface area contributed by atoms with Crippen molar-refractivity contribution in [3.8, 4) is 0 Å². The van der Waals surface area contributed by atoms with Crippen LogP contribution in [0.25, 0.3) is 0 Å². The Balaban J connectivity index is 2.53. The van der Waals surface area contributed by atoms with Gasteiger partial charge in [0, 0.05) is 12.5 Å². The van der Waals surface area contributed by atoms with E-state index in [-0.39, 0.29) is 12.5 Å². The molecule has 13 heavy (non-hydrogen) atoms. The van der Waals surface area contributed by atoms with Crippen LogP contribution in [-0.2, 0) is 9.53 Å². The lowest BCUT2D eigenvalue weighted by molar-refractivity contribution is -0.119. The number of anilines is 1. The molecular weight excluding hydrogens is 190 g/mol. The molecule has 0 aliphatic rings. The van der Waals surface area contributed by atoms with Crippen LogP contribution >= 0.6 is 11.3 Å². The van der Waals surface area contributed by atoms with Gasteiger partial charge >= 0.3 is 0 Å². The van der Waals surface area contributed by atoms with Crippen molar-refractivity contribution in [3.05, 3.63) is 16.3 Å². The van der Waals surface area contributed by atoms with Crippen LogP contribution in [0.3, 0.4) is 0 Å². The van der Waals surface area contributed by atoms with Crippen LogP contribution in [0.1, 0.15) is 9.67 Å². The van der Waals surface area contributed by atoms with Crippen LogP contribution in [0.4, 0.5) is 5.69 Å². The average Bonchev–Trinajstić information content (AvgIpc) is 2.52. The Kier molecular flexibility index (Phi) is 3.60.